The molecule has 2 aliphatic rings. The summed E-state index contributed by atoms with van der Waals surface area (Å²) < 4.78 is 5.58. The number of carbonyl (C=O) groups is 1. The fourth-order valence-corrected chi connectivity index (χ4v) is 4.27. The Hall–Kier alpha value is -2.87. The summed E-state index contributed by atoms with van der Waals surface area (Å²) in [5.74, 6) is 0.513. The van der Waals surface area contributed by atoms with E-state index >= 15 is 0 Å². The SMILES string of the molecule is O=C(NCC(c1ccco1)N1CCCC1)c1ccc(N2CCCC2)c([N+](=O)[O-])c1. The van der Waals surface area contributed by atoms with Gasteiger partial charge in [-0.05, 0) is 63.0 Å². The van der Waals surface area contributed by atoms with Crippen molar-refractivity contribution in [2.45, 2.75) is 31.7 Å². The molecule has 29 heavy (non-hydrogen) atoms. The number of likely N-dealkylation sites (tertiary alicyclic amines) is 1. The number of hydrogen-bond acceptors (Lipinski definition) is 6. The van der Waals surface area contributed by atoms with Gasteiger partial charge in [0.25, 0.3) is 11.6 Å². The molecular weight excluding hydrogens is 372 g/mol. The van der Waals surface area contributed by atoms with Crippen molar-refractivity contribution in [2.24, 2.45) is 0 Å². The maximum absolute atomic E-state index is 12.7. The van der Waals surface area contributed by atoms with Crippen LogP contribution in [0.15, 0.2) is 41.0 Å². The van der Waals surface area contributed by atoms with Crippen LogP contribution in [0, 0.1) is 10.1 Å². The third-order valence-electron chi connectivity index (χ3n) is 5.79. The Morgan fingerprint density at radius 1 is 1.14 bits per heavy atom. The van der Waals surface area contributed by atoms with Crippen molar-refractivity contribution in [2.75, 3.05) is 37.6 Å². The molecule has 3 heterocycles. The zero-order valence-electron chi connectivity index (χ0n) is 16.4. The van der Waals surface area contributed by atoms with Crippen molar-refractivity contribution < 1.29 is 14.1 Å². The van der Waals surface area contributed by atoms with E-state index in [0.717, 1.165) is 57.6 Å². The number of furan rings is 1. The second-order valence-electron chi connectivity index (χ2n) is 7.64. The van der Waals surface area contributed by atoms with Crippen molar-refractivity contribution >= 4 is 17.3 Å². The first-order valence-electron chi connectivity index (χ1n) is 10.2. The summed E-state index contributed by atoms with van der Waals surface area (Å²) in [5, 5.41) is 14.5. The fraction of sp³-hybridized carbons (Fsp3) is 0.476. The number of amides is 1. The predicted octanol–water partition coefficient (Wildman–Crippen LogP) is 3.35. The van der Waals surface area contributed by atoms with Crippen LogP contribution in [0.5, 0.6) is 0 Å². The average molecular weight is 398 g/mol. The van der Waals surface area contributed by atoms with E-state index < -0.39 is 4.92 Å². The first-order valence-corrected chi connectivity index (χ1v) is 10.2. The number of rotatable bonds is 7. The molecular formula is C21H26N4O4. The highest BCUT2D eigenvalue weighted by Gasteiger charge is 2.27. The second kappa shape index (κ2) is 8.65. The van der Waals surface area contributed by atoms with Gasteiger partial charge < -0.3 is 14.6 Å². The van der Waals surface area contributed by atoms with Crippen LogP contribution in [0.2, 0.25) is 0 Å². The number of hydrogen-bond donors (Lipinski definition) is 1. The molecule has 0 aliphatic carbocycles. The summed E-state index contributed by atoms with van der Waals surface area (Å²) in [7, 11) is 0. The number of anilines is 1. The van der Waals surface area contributed by atoms with E-state index in [9.17, 15) is 14.9 Å². The number of nitro groups is 1. The Labute approximate surface area is 169 Å². The molecule has 154 valence electrons. The molecule has 1 N–H and O–H groups in total. The van der Waals surface area contributed by atoms with E-state index in [2.05, 4.69) is 10.2 Å². The van der Waals surface area contributed by atoms with Crippen LogP contribution in [-0.4, -0.2) is 48.5 Å². The van der Waals surface area contributed by atoms with E-state index in [1.54, 1.807) is 18.4 Å². The minimum absolute atomic E-state index is 0.0123. The Kier molecular flexibility index (Phi) is 5.80. The van der Waals surface area contributed by atoms with Crippen molar-refractivity contribution in [3.8, 4) is 0 Å². The number of nitro benzene ring substituents is 1. The van der Waals surface area contributed by atoms with Gasteiger partial charge in [0.1, 0.15) is 11.4 Å². The monoisotopic (exact) mass is 398 g/mol. The largest absolute Gasteiger partial charge is 0.468 e. The van der Waals surface area contributed by atoms with Gasteiger partial charge in [0.2, 0.25) is 0 Å². The third kappa shape index (κ3) is 4.27. The number of carbonyl (C=O) groups excluding carboxylic acids is 1. The lowest BCUT2D eigenvalue weighted by Gasteiger charge is -2.26. The zero-order valence-corrected chi connectivity index (χ0v) is 16.4. The lowest BCUT2D eigenvalue weighted by Crippen LogP contribution is -2.36. The maximum atomic E-state index is 12.7. The van der Waals surface area contributed by atoms with Gasteiger partial charge in [0, 0.05) is 31.3 Å². The number of nitrogens with one attached hydrogen (secondary N) is 1. The van der Waals surface area contributed by atoms with Gasteiger partial charge in [-0.25, -0.2) is 0 Å². The smallest absolute Gasteiger partial charge is 0.293 e. The van der Waals surface area contributed by atoms with E-state index in [1.807, 2.05) is 17.0 Å². The first-order chi connectivity index (χ1) is 14.1. The van der Waals surface area contributed by atoms with Crippen LogP contribution in [0.3, 0.4) is 0 Å². The van der Waals surface area contributed by atoms with Crippen LogP contribution in [0.4, 0.5) is 11.4 Å². The molecule has 0 bridgehead atoms. The normalized spacial score (nSPS) is 18.1. The van der Waals surface area contributed by atoms with Gasteiger partial charge in [0.05, 0.1) is 17.2 Å². The fourth-order valence-electron chi connectivity index (χ4n) is 4.27. The van der Waals surface area contributed by atoms with E-state index in [4.69, 9.17) is 4.42 Å². The molecule has 0 spiro atoms. The second-order valence-corrected chi connectivity index (χ2v) is 7.64. The van der Waals surface area contributed by atoms with Gasteiger partial charge in [-0.3, -0.25) is 19.8 Å². The van der Waals surface area contributed by atoms with Gasteiger partial charge >= 0.3 is 0 Å². The summed E-state index contributed by atoms with van der Waals surface area (Å²) in [6.07, 6.45) is 5.97. The van der Waals surface area contributed by atoms with Crippen molar-refractivity contribution in [3.05, 3.63) is 58.0 Å². The van der Waals surface area contributed by atoms with E-state index in [-0.39, 0.29) is 17.6 Å². The minimum atomic E-state index is -0.402. The molecule has 1 aromatic carbocycles. The summed E-state index contributed by atoms with van der Waals surface area (Å²) in [4.78, 5) is 28.2. The first kappa shape index (κ1) is 19.4. The molecule has 8 nitrogen and oxygen atoms in total. The van der Waals surface area contributed by atoms with Gasteiger partial charge in [-0.15, -0.1) is 0 Å². The zero-order chi connectivity index (χ0) is 20.2. The third-order valence-corrected chi connectivity index (χ3v) is 5.79. The molecule has 1 aromatic heterocycles. The highest BCUT2D eigenvalue weighted by atomic mass is 16.6. The van der Waals surface area contributed by atoms with Crippen LogP contribution >= 0.6 is 0 Å². The Morgan fingerprint density at radius 2 is 1.86 bits per heavy atom. The average Bonchev–Trinajstić information content (AvgIpc) is 3.51. The lowest BCUT2D eigenvalue weighted by atomic mass is 10.1. The number of nitrogens with zero attached hydrogens (tertiary/aromatic N) is 3. The Bertz CT molecular complexity index is 856. The van der Waals surface area contributed by atoms with E-state index in [1.165, 1.54) is 6.07 Å². The summed E-state index contributed by atoms with van der Waals surface area (Å²) in [5.41, 5.74) is 0.885. The highest BCUT2D eigenvalue weighted by Crippen LogP contribution is 2.32. The maximum Gasteiger partial charge on any atom is 0.293 e. The summed E-state index contributed by atoms with van der Waals surface area (Å²) >= 11 is 0. The quantitative estimate of drug-likeness (QED) is 0.568. The van der Waals surface area contributed by atoms with Crippen molar-refractivity contribution in [1.82, 2.24) is 10.2 Å². The lowest BCUT2D eigenvalue weighted by molar-refractivity contribution is -0.384. The molecule has 2 aliphatic heterocycles. The van der Waals surface area contributed by atoms with Crippen LogP contribution in [-0.2, 0) is 0 Å². The molecule has 0 saturated carbocycles. The van der Waals surface area contributed by atoms with Crippen molar-refractivity contribution in [1.29, 1.82) is 0 Å². The van der Waals surface area contributed by atoms with Gasteiger partial charge in [-0.1, -0.05) is 0 Å². The van der Waals surface area contributed by atoms with Crippen LogP contribution in [0.25, 0.3) is 0 Å². The van der Waals surface area contributed by atoms with Gasteiger partial charge in [-0.2, -0.15) is 0 Å². The summed E-state index contributed by atoms with van der Waals surface area (Å²) in [6, 6.07) is 8.50. The molecule has 8 heteroatoms. The molecule has 4 rings (SSSR count). The Morgan fingerprint density at radius 3 is 2.52 bits per heavy atom. The van der Waals surface area contributed by atoms with Gasteiger partial charge in [0.15, 0.2) is 0 Å². The molecule has 0 radical (unpaired) electrons. The van der Waals surface area contributed by atoms with E-state index in [0.29, 0.717) is 17.8 Å². The highest BCUT2D eigenvalue weighted by molar-refractivity contribution is 5.95. The predicted molar refractivity (Wildman–Crippen MR) is 109 cm³/mol. The van der Waals surface area contributed by atoms with Crippen molar-refractivity contribution in [3.63, 3.8) is 0 Å². The number of benzene rings is 1. The molecule has 1 atom stereocenters. The molecule has 2 saturated heterocycles. The summed E-state index contributed by atoms with van der Waals surface area (Å²) in [6.45, 7) is 3.96. The molecule has 1 amide bonds. The molecule has 1 unspecified atom stereocenters. The standard InChI is InChI=1S/C21H26N4O4/c26-21(22-15-19(20-6-5-13-29-20)24-11-3-4-12-24)16-7-8-17(18(14-16)25(27)28)23-9-1-2-10-23/h5-8,13-14,19H,1-4,9-12,15H2,(H,22,26). The molecule has 2 fully saturated rings. The van der Waals surface area contributed by atoms with Crippen LogP contribution in [0.1, 0.15) is 47.8 Å². The minimum Gasteiger partial charge on any atom is -0.468 e. The molecule has 2 aromatic rings. The topological polar surface area (TPSA) is 91.9 Å². The Balaban J connectivity index is 1.48. The van der Waals surface area contributed by atoms with Crippen LogP contribution < -0.4 is 10.2 Å².